The number of carboxylic acids is 1. The molecule has 8 heteroatoms. The monoisotopic (exact) mass is 620 g/mol. The lowest BCUT2D eigenvalue weighted by Gasteiger charge is -2.31. The summed E-state index contributed by atoms with van der Waals surface area (Å²) in [6.45, 7) is 8.34. The Kier molecular flexibility index (Phi) is 9.15. The van der Waals surface area contributed by atoms with Gasteiger partial charge < -0.3 is 19.3 Å². The summed E-state index contributed by atoms with van der Waals surface area (Å²) in [7, 11) is 1.92. The second-order valence-corrected chi connectivity index (χ2v) is 12.7. The van der Waals surface area contributed by atoms with Gasteiger partial charge in [0.1, 0.15) is 11.5 Å². The van der Waals surface area contributed by atoms with Gasteiger partial charge >= 0.3 is 5.97 Å². The number of ether oxygens (including phenoxy) is 1. The van der Waals surface area contributed by atoms with Crippen molar-refractivity contribution in [2.24, 2.45) is 13.0 Å². The molecule has 2 aliphatic rings. The lowest BCUT2D eigenvalue weighted by Crippen LogP contribution is -2.37. The summed E-state index contributed by atoms with van der Waals surface area (Å²) in [6.07, 6.45) is 13.1. The van der Waals surface area contributed by atoms with E-state index in [-0.39, 0.29) is 5.91 Å². The van der Waals surface area contributed by atoms with Crippen LogP contribution in [-0.4, -0.2) is 55.9 Å². The number of aromatic nitrogens is 3. The first kappa shape index (κ1) is 31.4. The van der Waals surface area contributed by atoms with Gasteiger partial charge in [0.05, 0.1) is 17.8 Å². The molecular formula is C38H44N4O4. The highest BCUT2D eigenvalue weighted by molar-refractivity contribution is 6.05. The zero-order chi connectivity index (χ0) is 32.4. The summed E-state index contributed by atoms with van der Waals surface area (Å²) in [6, 6.07) is 12.5. The molecule has 1 aliphatic heterocycles. The van der Waals surface area contributed by atoms with Gasteiger partial charge in [0, 0.05) is 61.9 Å². The Morgan fingerprint density at radius 3 is 2.57 bits per heavy atom. The molecule has 0 unspecified atom stereocenters. The number of piperidine rings is 1. The smallest absolute Gasteiger partial charge is 0.352 e. The van der Waals surface area contributed by atoms with Crippen molar-refractivity contribution in [1.29, 1.82) is 0 Å². The van der Waals surface area contributed by atoms with Gasteiger partial charge in [-0.25, -0.2) is 4.79 Å². The predicted octanol–water partition coefficient (Wildman–Crippen LogP) is 7.11. The van der Waals surface area contributed by atoms with Crippen molar-refractivity contribution in [3.05, 3.63) is 94.5 Å². The predicted molar refractivity (Wildman–Crippen MR) is 182 cm³/mol. The lowest BCUT2D eigenvalue weighted by molar-refractivity contribution is -0.130. The van der Waals surface area contributed by atoms with Crippen LogP contribution in [0.4, 0.5) is 0 Å². The molecule has 0 atom stereocenters. The van der Waals surface area contributed by atoms with E-state index in [0.717, 1.165) is 88.9 Å². The van der Waals surface area contributed by atoms with Crippen LogP contribution in [0.25, 0.3) is 27.8 Å². The molecule has 0 bridgehead atoms. The zero-order valence-corrected chi connectivity index (χ0v) is 27.4. The third-order valence-corrected chi connectivity index (χ3v) is 9.68. The number of aromatic carboxylic acids is 1. The van der Waals surface area contributed by atoms with Gasteiger partial charge in [-0.05, 0) is 81.1 Å². The SMILES string of the molecule is CC(=O)N1CCC(CCn2c(C(=O)O)c(CCCOC3=CC=CCc4ccccc43)c3ccc(C)c(-c4cn(C)nc4C)c32)CC1. The average Bonchev–Trinajstić information content (AvgIpc) is 3.45. The van der Waals surface area contributed by atoms with Crippen LogP contribution in [0.1, 0.15) is 71.0 Å². The summed E-state index contributed by atoms with van der Waals surface area (Å²) in [5.74, 6) is 0.505. The molecule has 0 saturated carbocycles. The maximum absolute atomic E-state index is 13.1. The Balaban J connectivity index is 1.33. The van der Waals surface area contributed by atoms with Crippen LogP contribution in [0.5, 0.6) is 0 Å². The van der Waals surface area contributed by atoms with Crippen LogP contribution in [0.2, 0.25) is 0 Å². The van der Waals surface area contributed by atoms with Crippen LogP contribution >= 0.6 is 0 Å². The van der Waals surface area contributed by atoms with Gasteiger partial charge in [0.15, 0.2) is 0 Å². The van der Waals surface area contributed by atoms with E-state index in [0.29, 0.717) is 37.6 Å². The quantitative estimate of drug-likeness (QED) is 0.191. The summed E-state index contributed by atoms with van der Waals surface area (Å²) < 4.78 is 10.2. The summed E-state index contributed by atoms with van der Waals surface area (Å²) in [5, 5.41) is 16.4. The fourth-order valence-corrected chi connectivity index (χ4v) is 7.31. The molecule has 1 saturated heterocycles. The minimum atomic E-state index is -0.907. The van der Waals surface area contributed by atoms with Crippen LogP contribution in [-0.2, 0) is 36.0 Å². The Labute approximate surface area is 271 Å². The first-order valence-corrected chi connectivity index (χ1v) is 16.4. The molecule has 1 N–H and O–H groups in total. The van der Waals surface area contributed by atoms with Gasteiger partial charge in [-0.1, -0.05) is 48.6 Å². The van der Waals surface area contributed by atoms with E-state index >= 15 is 0 Å². The largest absolute Gasteiger partial charge is 0.493 e. The molecule has 1 fully saturated rings. The molecule has 1 amide bonds. The van der Waals surface area contributed by atoms with E-state index in [1.807, 2.05) is 48.0 Å². The third kappa shape index (κ3) is 6.26. The topological polar surface area (TPSA) is 89.6 Å². The number of allylic oxidation sites excluding steroid dienone is 3. The van der Waals surface area contributed by atoms with Gasteiger partial charge in [0.2, 0.25) is 5.91 Å². The zero-order valence-electron chi connectivity index (χ0n) is 27.4. The highest BCUT2D eigenvalue weighted by Crippen LogP contribution is 2.39. The molecule has 240 valence electrons. The van der Waals surface area contributed by atoms with Crippen LogP contribution in [0.15, 0.2) is 60.8 Å². The minimum Gasteiger partial charge on any atom is -0.493 e. The fraction of sp³-hybridized carbons (Fsp3) is 0.395. The van der Waals surface area contributed by atoms with Crippen LogP contribution in [0.3, 0.4) is 0 Å². The number of amides is 1. The number of nitrogens with zero attached hydrogens (tertiary/aromatic N) is 4. The fourth-order valence-electron chi connectivity index (χ4n) is 7.31. The normalized spacial score (nSPS) is 15.1. The number of benzene rings is 2. The molecular weight excluding hydrogens is 576 g/mol. The molecule has 2 aromatic carbocycles. The first-order chi connectivity index (χ1) is 22.2. The number of hydrogen-bond acceptors (Lipinski definition) is 4. The number of aryl methyl sites for hydroxylation is 5. The van der Waals surface area contributed by atoms with E-state index in [1.165, 1.54) is 5.56 Å². The highest BCUT2D eigenvalue weighted by atomic mass is 16.5. The Hall–Kier alpha value is -4.59. The van der Waals surface area contributed by atoms with Gasteiger partial charge in [0.25, 0.3) is 0 Å². The van der Waals surface area contributed by atoms with Crippen LogP contribution < -0.4 is 0 Å². The van der Waals surface area contributed by atoms with Crippen molar-refractivity contribution in [2.45, 2.75) is 65.8 Å². The van der Waals surface area contributed by atoms with Crippen molar-refractivity contribution in [2.75, 3.05) is 19.7 Å². The Morgan fingerprint density at radius 1 is 1.07 bits per heavy atom. The van der Waals surface area contributed by atoms with Gasteiger partial charge in [-0.15, -0.1) is 0 Å². The number of carbonyl (C=O) groups excluding carboxylic acids is 1. The standard InChI is InChI=1S/C38H44N4O4/c1-25-15-16-32-31(13-9-23-46-34-14-8-6-11-29-10-5-7-12-30(29)34)37(38(44)45)42(22-19-28-17-20-41(21-18-28)27(3)43)36(32)35(25)33-24-40(4)39-26(33)2/h5-8,10,12,14-16,24,28H,9,11,13,17-23H2,1-4H3,(H,44,45). The lowest BCUT2D eigenvalue weighted by atomic mass is 9.93. The third-order valence-electron chi connectivity index (χ3n) is 9.68. The highest BCUT2D eigenvalue weighted by Gasteiger charge is 2.28. The van der Waals surface area contributed by atoms with E-state index < -0.39 is 5.97 Å². The number of hydrogen-bond donors (Lipinski definition) is 1. The molecule has 6 rings (SSSR count). The molecule has 0 radical (unpaired) electrons. The first-order valence-electron chi connectivity index (χ1n) is 16.4. The number of likely N-dealkylation sites (tertiary alicyclic amines) is 1. The molecule has 46 heavy (non-hydrogen) atoms. The molecule has 3 heterocycles. The number of fused-ring (bicyclic) bond motifs is 2. The summed E-state index contributed by atoms with van der Waals surface area (Å²) >= 11 is 0. The molecule has 1 aliphatic carbocycles. The second-order valence-electron chi connectivity index (χ2n) is 12.7. The van der Waals surface area contributed by atoms with Crippen molar-refractivity contribution < 1.29 is 19.4 Å². The van der Waals surface area contributed by atoms with Gasteiger partial charge in [-0.2, -0.15) is 5.10 Å². The van der Waals surface area contributed by atoms with E-state index in [9.17, 15) is 14.7 Å². The van der Waals surface area contributed by atoms with Crippen molar-refractivity contribution in [1.82, 2.24) is 19.2 Å². The number of carboxylic acid groups (broad SMARTS) is 1. The molecule has 8 nitrogen and oxygen atoms in total. The molecule has 4 aromatic rings. The second kappa shape index (κ2) is 13.4. The Bertz CT molecular complexity index is 1830. The van der Waals surface area contributed by atoms with E-state index in [1.54, 1.807) is 6.92 Å². The minimum absolute atomic E-state index is 0.125. The van der Waals surface area contributed by atoms with Crippen LogP contribution in [0, 0.1) is 19.8 Å². The molecule has 0 spiro atoms. The van der Waals surface area contributed by atoms with Crippen molar-refractivity contribution in [3.63, 3.8) is 0 Å². The van der Waals surface area contributed by atoms with Crippen molar-refractivity contribution >= 4 is 28.5 Å². The maximum Gasteiger partial charge on any atom is 0.352 e. The summed E-state index contributed by atoms with van der Waals surface area (Å²) in [4.78, 5) is 26.9. The molecule has 2 aromatic heterocycles. The average molecular weight is 621 g/mol. The van der Waals surface area contributed by atoms with E-state index in [2.05, 4.69) is 53.0 Å². The van der Waals surface area contributed by atoms with Crippen molar-refractivity contribution in [3.8, 4) is 11.1 Å². The Morgan fingerprint density at radius 2 is 1.85 bits per heavy atom. The van der Waals surface area contributed by atoms with E-state index in [4.69, 9.17) is 4.74 Å². The number of rotatable bonds is 10. The summed E-state index contributed by atoms with van der Waals surface area (Å²) in [5.41, 5.74) is 8.62. The van der Waals surface area contributed by atoms with Gasteiger partial charge in [-0.3, -0.25) is 9.48 Å². The number of carbonyl (C=O) groups is 2. The maximum atomic E-state index is 13.1.